The summed E-state index contributed by atoms with van der Waals surface area (Å²) in [5.41, 5.74) is 0. The maximum Gasteiger partial charge on any atom is 0.306 e. The van der Waals surface area contributed by atoms with Crippen LogP contribution in [0, 0.1) is 0 Å². The van der Waals surface area contributed by atoms with E-state index in [1.54, 1.807) is 0 Å². The summed E-state index contributed by atoms with van der Waals surface area (Å²) in [7, 11) is 0. The van der Waals surface area contributed by atoms with E-state index in [0.717, 1.165) is 51.4 Å². The van der Waals surface area contributed by atoms with Crippen molar-refractivity contribution in [2.24, 2.45) is 0 Å². The molecule has 3 atom stereocenters. The Balaban J connectivity index is 4.48. The monoisotopic (exact) mass is 748 g/mol. The van der Waals surface area contributed by atoms with Gasteiger partial charge >= 0.3 is 5.97 Å². The topological polar surface area (TPSA) is 95.9 Å². The Kier molecular flexibility index (Phi) is 40.2. The molecule has 3 N–H and O–H groups in total. The van der Waals surface area contributed by atoms with Crippen LogP contribution < -0.4 is 5.32 Å². The zero-order valence-electron chi connectivity index (χ0n) is 35.4. The fraction of sp³-hybridized carbons (Fsp3) is 0.872. The molecule has 0 spiro atoms. The molecule has 6 nitrogen and oxygen atoms in total. The van der Waals surface area contributed by atoms with Crippen molar-refractivity contribution in [2.75, 3.05) is 6.61 Å². The lowest BCUT2D eigenvalue weighted by atomic mass is 10.0. The number of aliphatic hydroxyl groups excluding tert-OH is 2. The molecule has 0 aliphatic heterocycles. The minimum atomic E-state index is -0.782. The van der Waals surface area contributed by atoms with Crippen LogP contribution in [0.25, 0.3) is 0 Å². The number of esters is 1. The molecule has 0 bridgehead atoms. The second-order valence-electron chi connectivity index (χ2n) is 15.8. The highest BCUT2D eigenvalue weighted by atomic mass is 16.5. The zero-order chi connectivity index (χ0) is 38.9. The van der Waals surface area contributed by atoms with Crippen LogP contribution in [0.1, 0.15) is 239 Å². The van der Waals surface area contributed by atoms with Gasteiger partial charge in [0.25, 0.3) is 0 Å². The molecule has 0 heterocycles. The van der Waals surface area contributed by atoms with Crippen molar-refractivity contribution in [1.82, 2.24) is 5.32 Å². The van der Waals surface area contributed by atoms with Gasteiger partial charge in [-0.05, 0) is 51.4 Å². The number of rotatable bonds is 41. The minimum Gasteiger partial charge on any atom is -0.462 e. The number of ether oxygens (including phenoxy) is 1. The molecule has 0 saturated carbocycles. The molecular formula is C47H89NO5. The summed E-state index contributed by atoms with van der Waals surface area (Å²) in [5.74, 6) is -0.484. The van der Waals surface area contributed by atoms with Gasteiger partial charge in [0.2, 0.25) is 5.91 Å². The predicted octanol–water partition coefficient (Wildman–Crippen LogP) is 13.2. The summed E-state index contributed by atoms with van der Waals surface area (Å²) < 4.78 is 5.88. The second kappa shape index (κ2) is 41.5. The lowest BCUT2D eigenvalue weighted by Crippen LogP contribution is -2.46. The molecular weight excluding hydrogens is 659 g/mol. The molecule has 0 aromatic rings. The molecule has 0 rings (SSSR count). The maximum atomic E-state index is 13.1. The highest BCUT2D eigenvalue weighted by Gasteiger charge is 2.24. The van der Waals surface area contributed by atoms with E-state index in [1.165, 1.54) is 141 Å². The van der Waals surface area contributed by atoms with Crippen molar-refractivity contribution >= 4 is 11.9 Å². The summed E-state index contributed by atoms with van der Waals surface area (Å²) >= 11 is 0. The van der Waals surface area contributed by atoms with Crippen LogP contribution in [-0.2, 0) is 14.3 Å². The fourth-order valence-corrected chi connectivity index (χ4v) is 7.01. The number of amides is 1. The van der Waals surface area contributed by atoms with Crippen LogP contribution >= 0.6 is 0 Å². The van der Waals surface area contributed by atoms with Gasteiger partial charge in [0, 0.05) is 6.42 Å². The Morgan fingerprint density at radius 2 is 0.943 bits per heavy atom. The average Bonchev–Trinajstić information content (AvgIpc) is 3.15. The van der Waals surface area contributed by atoms with E-state index in [4.69, 9.17) is 4.74 Å². The standard InChI is InChI=1S/C47H89NO5/c1-4-7-10-13-16-19-21-22-23-24-26-28-31-34-37-40-47(52)53-43(38-35-32-29-18-15-12-9-6-3)41-46(51)48-44(42-49)45(50)39-36-33-30-27-25-20-17-14-11-8-5-2/h16,19,21-22,43-45,49-50H,4-15,17-18,20,23-42H2,1-3H3,(H,48,51)/b19-16+,22-21+. The van der Waals surface area contributed by atoms with Gasteiger partial charge in [0.1, 0.15) is 6.10 Å². The van der Waals surface area contributed by atoms with Crippen LogP contribution in [-0.4, -0.2) is 46.9 Å². The third kappa shape index (κ3) is 37.1. The van der Waals surface area contributed by atoms with Crippen molar-refractivity contribution in [2.45, 2.75) is 257 Å². The zero-order valence-corrected chi connectivity index (χ0v) is 35.4. The first kappa shape index (κ1) is 51.3. The van der Waals surface area contributed by atoms with Crippen LogP contribution in [0.5, 0.6) is 0 Å². The third-order valence-corrected chi connectivity index (χ3v) is 10.6. The highest BCUT2D eigenvalue weighted by molar-refractivity contribution is 5.77. The van der Waals surface area contributed by atoms with Crippen molar-refractivity contribution < 1.29 is 24.5 Å². The van der Waals surface area contributed by atoms with E-state index in [1.807, 2.05) is 0 Å². The highest BCUT2D eigenvalue weighted by Crippen LogP contribution is 2.17. The first-order valence-electron chi connectivity index (χ1n) is 23.1. The van der Waals surface area contributed by atoms with Gasteiger partial charge in [0.15, 0.2) is 0 Å². The molecule has 0 aliphatic carbocycles. The molecule has 53 heavy (non-hydrogen) atoms. The Bertz CT molecular complexity index is 843. The lowest BCUT2D eigenvalue weighted by Gasteiger charge is -2.24. The molecule has 0 aromatic heterocycles. The number of unbranched alkanes of at least 4 members (excludes halogenated alkanes) is 26. The second-order valence-corrected chi connectivity index (χ2v) is 15.8. The molecule has 6 heteroatoms. The van der Waals surface area contributed by atoms with E-state index < -0.39 is 18.2 Å². The molecule has 3 unspecified atom stereocenters. The van der Waals surface area contributed by atoms with Crippen molar-refractivity contribution in [3.63, 3.8) is 0 Å². The molecule has 0 aliphatic rings. The average molecular weight is 748 g/mol. The predicted molar refractivity (Wildman–Crippen MR) is 227 cm³/mol. The van der Waals surface area contributed by atoms with Gasteiger partial charge in [-0.15, -0.1) is 0 Å². The van der Waals surface area contributed by atoms with Gasteiger partial charge in [-0.2, -0.15) is 0 Å². The van der Waals surface area contributed by atoms with E-state index in [2.05, 4.69) is 50.4 Å². The minimum absolute atomic E-state index is 0.0764. The summed E-state index contributed by atoms with van der Waals surface area (Å²) in [6.07, 6.45) is 45.2. The number of hydrogen-bond donors (Lipinski definition) is 3. The SMILES string of the molecule is CCCCC/C=C/C=C/CCCCCCCCC(=O)OC(CCCCCCCCCC)CC(=O)NC(CO)C(O)CCCCCCCCCCCCC. The molecule has 0 saturated heterocycles. The van der Waals surface area contributed by atoms with Gasteiger partial charge in [0.05, 0.1) is 25.2 Å². The first-order valence-corrected chi connectivity index (χ1v) is 23.1. The number of aliphatic hydroxyl groups is 2. The van der Waals surface area contributed by atoms with E-state index >= 15 is 0 Å². The van der Waals surface area contributed by atoms with E-state index in [9.17, 15) is 19.8 Å². The Morgan fingerprint density at radius 3 is 1.43 bits per heavy atom. The largest absolute Gasteiger partial charge is 0.462 e. The van der Waals surface area contributed by atoms with Crippen molar-refractivity contribution in [3.8, 4) is 0 Å². The Morgan fingerprint density at radius 1 is 0.547 bits per heavy atom. The van der Waals surface area contributed by atoms with Crippen LogP contribution in [0.3, 0.4) is 0 Å². The van der Waals surface area contributed by atoms with Crippen LogP contribution in [0.4, 0.5) is 0 Å². The number of carbonyl (C=O) groups is 2. The summed E-state index contributed by atoms with van der Waals surface area (Å²) in [4.78, 5) is 25.9. The van der Waals surface area contributed by atoms with Gasteiger partial charge in [-0.25, -0.2) is 0 Å². The number of nitrogens with one attached hydrogen (secondary N) is 1. The van der Waals surface area contributed by atoms with Gasteiger partial charge < -0.3 is 20.3 Å². The third-order valence-electron chi connectivity index (χ3n) is 10.6. The lowest BCUT2D eigenvalue weighted by molar-refractivity contribution is -0.151. The smallest absolute Gasteiger partial charge is 0.306 e. The molecule has 312 valence electrons. The summed E-state index contributed by atoms with van der Waals surface area (Å²) in [6.45, 7) is 6.42. The number of allylic oxidation sites excluding steroid dienone is 4. The molecule has 0 fully saturated rings. The van der Waals surface area contributed by atoms with Crippen LogP contribution in [0.2, 0.25) is 0 Å². The molecule has 0 radical (unpaired) electrons. The summed E-state index contributed by atoms with van der Waals surface area (Å²) in [5, 5.41) is 23.6. The maximum absolute atomic E-state index is 13.1. The quantitative estimate of drug-likeness (QED) is 0.0329. The first-order chi connectivity index (χ1) is 26.0. The van der Waals surface area contributed by atoms with E-state index in [-0.39, 0.29) is 24.9 Å². The Labute approximate surface area is 329 Å². The summed E-state index contributed by atoms with van der Waals surface area (Å²) in [6, 6.07) is -0.696. The van der Waals surface area contributed by atoms with Crippen molar-refractivity contribution in [3.05, 3.63) is 24.3 Å². The Hall–Kier alpha value is -1.66. The van der Waals surface area contributed by atoms with Crippen molar-refractivity contribution in [1.29, 1.82) is 0 Å². The van der Waals surface area contributed by atoms with E-state index in [0.29, 0.717) is 19.3 Å². The fourth-order valence-electron chi connectivity index (χ4n) is 7.01. The molecule has 0 aromatic carbocycles. The number of hydrogen-bond acceptors (Lipinski definition) is 5. The van der Waals surface area contributed by atoms with Gasteiger partial charge in [-0.1, -0.05) is 199 Å². The van der Waals surface area contributed by atoms with Crippen LogP contribution in [0.15, 0.2) is 24.3 Å². The number of carbonyl (C=O) groups excluding carboxylic acids is 2. The van der Waals surface area contributed by atoms with Gasteiger partial charge in [-0.3, -0.25) is 9.59 Å². The molecule has 1 amide bonds. The normalized spacial score (nSPS) is 13.5.